The maximum Gasteiger partial charge on any atom is 0.173 e. The summed E-state index contributed by atoms with van der Waals surface area (Å²) in [7, 11) is 1.14. The van der Waals surface area contributed by atoms with Gasteiger partial charge in [0.25, 0.3) is 0 Å². The molecule has 0 aromatic carbocycles. The second kappa shape index (κ2) is 2.97. The van der Waals surface area contributed by atoms with Crippen LogP contribution in [0.2, 0.25) is 0 Å². The van der Waals surface area contributed by atoms with E-state index in [9.17, 15) is 0 Å². The first kappa shape index (κ1) is 5.76. The molecule has 0 unspecified atom stereocenters. The molecule has 0 saturated carbocycles. The topological polar surface area (TPSA) is 0 Å². The first-order chi connectivity index (χ1) is 2.50. The van der Waals surface area contributed by atoms with Crippen LogP contribution < -0.4 is 0 Å². The summed E-state index contributed by atoms with van der Waals surface area (Å²) in [5.74, 6) is 4.25. The van der Waals surface area contributed by atoms with Crippen molar-refractivity contribution in [1.82, 2.24) is 0 Å². The van der Waals surface area contributed by atoms with Gasteiger partial charge in [-0.15, -0.1) is 12.0 Å². The van der Waals surface area contributed by atoms with Gasteiger partial charge in [-0.05, 0) is 0 Å². The SMILES string of the molecule is B1C=CC=C1.[Si]. The lowest BCUT2D eigenvalue weighted by atomic mass is 9.83. The molecule has 0 aliphatic carbocycles. The molecule has 0 saturated heterocycles. The summed E-state index contributed by atoms with van der Waals surface area (Å²) < 4.78 is 0. The monoisotopic (exact) mass is 92.0 g/mol. The molecule has 2 heteroatoms. The van der Waals surface area contributed by atoms with E-state index in [1.807, 2.05) is 0 Å². The van der Waals surface area contributed by atoms with Crippen molar-refractivity contribution >= 4 is 18.2 Å². The van der Waals surface area contributed by atoms with Crippen LogP contribution in [-0.4, -0.2) is 18.2 Å². The molecule has 1 rings (SSSR count). The number of hydrogen-bond donors (Lipinski definition) is 0. The second-order valence-corrected chi connectivity index (χ2v) is 1.09. The quantitative estimate of drug-likeness (QED) is 0.371. The highest BCUT2D eigenvalue weighted by Crippen LogP contribution is 1.82. The van der Waals surface area contributed by atoms with Crippen molar-refractivity contribution in [3.63, 3.8) is 0 Å². The summed E-state index contributed by atoms with van der Waals surface area (Å²) in [6.45, 7) is 0. The zero-order chi connectivity index (χ0) is 3.54. The highest BCUT2D eigenvalue weighted by atomic mass is 28.1. The largest absolute Gasteiger partial charge is 0.173 e. The van der Waals surface area contributed by atoms with Gasteiger partial charge in [-0.2, -0.15) is 0 Å². The van der Waals surface area contributed by atoms with E-state index in [4.69, 9.17) is 0 Å². The third-order valence-corrected chi connectivity index (χ3v) is 0.655. The first-order valence-electron chi connectivity index (χ1n) is 1.82. The Kier molecular flexibility index (Phi) is 2.85. The third kappa shape index (κ3) is 1.27. The molecule has 0 bridgehead atoms. The minimum Gasteiger partial charge on any atom is -0.114 e. The Bertz CT molecular complexity index is 65.6. The summed E-state index contributed by atoms with van der Waals surface area (Å²) in [6.07, 6.45) is 4.11. The van der Waals surface area contributed by atoms with Crippen LogP contribution in [0.5, 0.6) is 0 Å². The zero-order valence-corrected chi connectivity index (χ0v) is 4.52. The smallest absolute Gasteiger partial charge is 0.114 e. The molecular weight excluding hydrogens is 86.9 g/mol. The van der Waals surface area contributed by atoms with Gasteiger partial charge in [-0.1, -0.05) is 12.2 Å². The average Bonchev–Trinajstić information content (AvgIpc) is 1.76. The Morgan fingerprint density at radius 1 is 1.00 bits per heavy atom. The highest BCUT2D eigenvalue weighted by molar-refractivity contribution is 6.49. The van der Waals surface area contributed by atoms with E-state index in [-0.39, 0.29) is 11.0 Å². The van der Waals surface area contributed by atoms with Gasteiger partial charge in [-0.25, -0.2) is 0 Å². The van der Waals surface area contributed by atoms with E-state index in [1.54, 1.807) is 0 Å². The molecule has 0 aromatic heterocycles. The van der Waals surface area contributed by atoms with Crippen LogP contribution in [0.15, 0.2) is 24.1 Å². The summed E-state index contributed by atoms with van der Waals surface area (Å²) in [5, 5.41) is 0. The van der Waals surface area contributed by atoms with Crippen LogP contribution in [0.3, 0.4) is 0 Å². The molecule has 0 spiro atoms. The van der Waals surface area contributed by atoms with Gasteiger partial charge >= 0.3 is 0 Å². The third-order valence-electron chi connectivity index (χ3n) is 0.655. The summed E-state index contributed by atoms with van der Waals surface area (Å²) in [5.41, 5.74) is 0. The van der Waals surface area contributed by atoms with Gasteiger partial charge < -0.3 is 0 Å². The molecule has 1 aliphatic rings. The van der Waals surface area contributed by atoms with E-state index < -0.39 is 0 Å². The van der Waals surface area contributed by atoms with Gasteiger partial charge in [0, 0.05) is 11.0 Å². The Morgan fingerprint density at radius 2 is 1.50 bits per heavy atom. The van der Waals surface area contributed by atoms with Crippen LogP contribution >= 0.6 is 0 Å². The van der Waals surface area contributed by atoms with Crippen molar-refractivity contribution in [1.29, 1.82) is 0 Å². The summed E-state index contributed by atoms with van der Waals surface area (Å²) >= 11 is 0. The molecule has 1 aliphatic heterocycles. The van der Waals surface area contributed by atoms with Gasteiger partial charge in [0.2, 0.25) is 0 Å². The average molecular weight is 92.0 g/mol. The fourth-order valence-corrected chi connectivity index (χ4v) is 0.393. The predicted octanol–water partition coefficient (Wildman–Crippen LogP) is 0.0831. The lowest BCUT2D eigenvalue weighted by Gasteiger charge is -1.51. The minimum atomic E-state index is 0. The maximum atomic E-state index is 2.12. The van der Waals surface area contributed by atoms with Gasteiger partial charge in [0.15, 0.2) is 7.28 Å². The Morgan fingerprint density at radius 3 is 1.67 bits per heavy atom. The fraction of sp³-hybridized carbons (Fsp3) is 0. The Labute approximate surface area is 43.2 Å². The zero-order valence-electron chi connectivity index (χ0n) is 3.52. The Balaban J connectivity index is 0.000000250. The number of hydrogen-bond acceptors (Lipinski definition) is 0. The predicted molar refractivity (Wildman–Crippen MR) is 31.2 cm³/mol. The van der Waals surface area contributed by atoms with Crippen molar-refractivity contribution < 1.29 is 0 Å². The number of rotatable bonds is 0. The Hall–Kier alpha value is -0.238. The molecule has 0 atom stereocenters. The molecule has 28 valence electrons. The molecule has 0 N–H and O–H groups in total. The summed E-state index contributed by atoms with van der Waals surface area (Å²) in [6, 6.07) is 0. The lowest BCUT2D eigenvalue weighted by Crippen LogP contribution is -1.63. The van der Waals surface area contributed by atoms with Crippen LogP contribution in [0.25, 0.3) is 0 Å². The number of allylic oxidation sites excluding steroid dienone is 2. The normalized spacial score (nSPS) is 13.3. The standard InChI is InChI=1S/C4H5B.Si/c1-2-4-5-3-1;/h1-5H;. The van der Waals surface area contributed by atoms with Gasteiger partial charge in [0.1, 0.15) is 0 Å². The van der Waals surface area contributed by atoms with Crippen molar-refractivity contribution in [3.05, 3.63) is 24.1 Å². The minimum absolute atomic E-state index is 0. The molecule has 0 fully saturated rings. The van der Waals surface area contributed by atoms with Crippen molar-refractivity contribution in [2.24, 2.45) is 0 Å². The van der Waals surface area contributed by atoms with Crippen LogP contribution in [-0.2, 0) is 0 Å². The molecule has 0 nitrogen and oxygen atoms in total. The van der Waals surface area contributed by atoms with Gasteiger partial charge in [0.05, 0.1) is 0 Å². The first-order valence-corrected chi connectivity index (χ1v) is 1.82. The fourth-order valence-electron chi connectivity index (χ4n) is 0.393. The second-order valence-electron chi connectivity index (χ2n) is 1.09. The van der Waals surface area contributed by atoms with E-state index in [1.165, 1.54) is 0 Å². The van der Waals surface area contributed by atoms with E-state index >= 15 is 0 Å². The lowest BCUT2D eigenvalue weighted by molar-refractivity contribution is 2.15. The van der Waals surface area contributed by atoms with Crippen LogP contribution in [0.1, 0.15) is 0 Å². The molecule has 0 aromatic rings. The molecule has 4 radical (unpaired) electrons. The van der Waals surface area contributed by atoms with Gasteiger partial charge in [-0.3, -0.25) is 0 Å². The van der Waals surface area contributed by atoms with Crippen molar-refractivity contribution in [2.45, 2.75) is 0 Å². The van der Waals surface area contributed by atoms with Crippen LogP contribution in [0, 0.1) is 0 Å². The summed E-state index contributed by atoms with van der Waals surface area (Å²) in [4.78, 5) is 0. The highest BCUT2D eigenvalue weighted by Gasteiger charge is 1.76. The molecule has 0 amide bonds. The van der Waals surface area contributed by atoms with Crippen molar-refractivity contribution in [3.8, 4) is 0 Å². The van der Waals surface area contributed by atoms with E-state index in [0.717, 1.165) is 7.28 Å². The van der Waals surface area contributed by atoms with E-state index in [2.05, 4.69) is 24.1 Å². The van der Waals surface area contributed by atoms with E-state index in [0.29, 0.717) is 0 Å². The molecular formula is C4H5BSi. The molecule has 6 heavy (non-hydrogen) atoms. The molecule has 1 heterocycles. The maximum absolute atomic E-state index is 2.12. The van der Waals surface area contributed by atoms with Crippen LogP contribution in [0.4, 0.5) is 0 Å². The van der Waals surface area contributed by atoms with Crippen molar-refractivity contribution in [2.75, 3.05) is 0 Å².